The van der Waals surface area contributed by atoms with Crippen LogP contribution in [-0.4, -0.2) is 46.9 Å². The van der Waals surface area contributed by atoms with Crippen LogP contribution in [-0.2, 0) is 29.2 Å². The van der Waals surface area contributed by atoms with E-state index in [-0.39, 0.29) is 36.0 Å². The number of sulfone groups is 2. The van der Waals surface area contributed by atoms with Gasteiger partial charge in [0.2, 0.25) is 0 Å². The maximum absolute atomic E-state index is 15.4. The Hall–Kier alpha value is -2.80. The first-order chi connectivity index (χ1) is 18.0. The summed E-state index contributed by atoms with van der Waals surface area (Å²) < 4.78 is 94.1. The van der Waals surface area contributed by atoms with Crippen LogP contribution in [0, 0.1) is 17.6 Å². The summed E-state index contributed by atoms with van der Waals surface area (Å²) in [5, 5.41) is 0.286. The molecular weight excluding hydrogens is 564 g/mol. The molecule has 2 aliphatic heterocycles. The maximum Gasteiger partial charge on any atom is 0.266 e. The van der Waals surface area contributed by atoms with Crippen molar-refractivity contribution in [1.29, 1.82) is 0 Å². The molecule has 2 aliphatic rings. The zero-order valence-corrected chi connectivity index (χ0v) is 22.1. The summed E-state index contributed by atoms with van der Waals surface area (Å²) in [6.07, 6.45) is -0.166. The van der Waals surface area contributed by atoms with Crippen LogP contribution in [0.25, 0.3) is 0 Å². The quantitative estimate of drug-likeness (QED) is 0.469. The Labute approximate surface area is 222 Å². The average molecular weight is 586 g/mol. The van der Waals surface area contributed by atoms with Crippen molar-refractivity contribution in [3.63, 3.8) is 0 Å². The standard InChI is InChI=1S/C25H22ClF2NO7S2/c26-15-3-5-16(6-4-15)38(33,34)25-10-12-35-20(9-13-37(31,32)21-2-1-11-29-24(21)30)17(25)14-36-23-19(28)8-7-18(27)22(23)25/h1-8,11,17,20H,9-10,12-14H2,(H,29,30)/t17-,20-,25-/m0/s1. The van der Waals surface area contributed by atoms with Crippen molar-refractivity contribution < 1.29 is 35.1 Å². The largest absolute Gasteiger partial charge is 0.490 e. The summed E-state index contributed by atoms with van der Waals surface area (Å²) in [7, 11) is -8.51. The fourth-order valence-electron chi connectivity index (χ4n) is 5.37. The van der Waals surface area contributed by atoms with Gasteiger partial charge in [0.15, 0.2) is 31.2 Å². The Balaban J connectivity index is 1.62. The molecule has 1 saturated heterocycles. The molecule has 38 heavy (non-hydrogen) atoms. The molecule has 3 heterocycles. The molecule has 0 aliphatic carbocycles. The van der Waals surface area contributed by atoms with Crippen LogP contribution in [0.2, 0.25) is 5.02 Å². The minimum atomic E-state index is -4.43. The number of fused-ring (bicyclic) bond motifs is 3. The van der Waals surface area contributed by atoms with Crippen molar-refractivity contribution >= 4 is 31.3 Å². The van der Waals surface area contributed by atoms with Gasteiger partial charge in [0.05, 0.1) is 28.9 Å². The molecule has 13 heteroatoms. The number of aromatic amines is 1. The van der Waals surface area contributed by atoms with Gasteiger partial charge in [0, 0.05) is 23.7 Å². The number of rotatable bonds is 6. The Kier molecular flexibility index (Phi) is 6.87. The number of halogens is 3. The maximum atomic E-state index is 15.4. The van der Waals surface area contributed by atoms with Gasteiger partial charge in [-0.3, -0.25) is 4.79 Å². The number of ether oxygens (including phenoxy) is 2. The minimum absolute atomic E-state index is 0.160. The summed E-state index contributed by atoms with van der Waals surface area (Å²) in [4.78, 5) is 13.8. The minimum Gasteiger partial charge on any atom is -0.490 e. The van der Waals surface area contributed by atoms with Crippen LogP contribution in [0.5, 0.6) is 5.75 Å². The zero-order valence-electron chi connectivity index (χ0n) is 19.7. The second kappa shape index (κ2) is 9.74. The number of aromatic nitrogens is 1. The third-order valence-corrected chi connectivity index (χ3v) is 11.7. The van der Waals surface area contributed by atoms with Gasteiger partial charge in [-0.2, -0.15) is 0 Å². The lowest BCUT2D eigenvalue weighted by Crippen LogP contribution is -2.57. The Morgan fingerprint density at radius 2 is 1.74 bits per heavy atom. The van der Waals surface area contributed by atoms with Crippen molar-refractivity contribution in [2.75, 3.05) is 19.0 Å². The van der Waals surface area contributed by atoms with Crippen molar-refractivity contribution in [1.82, 2.24) is 4.98 Å². The molecule has 0 saturated carbocycles. The lowest BCUT2D eigenvalue weighted by molar-refractivity contribution is -0.0732. The van der Waals surface area contributed by atoms with Crippen molar-refractivity contribution in [3.8, 4) is 5.75 Å². The van der Waals surface area contributed by atoms with Gasteiger partial charge >= 0.3 is 0 Å². The fourth-order valence-corrected chi connectivity index (χ4v) is 9.23. The third-order valence-electron chi connectivity index (χ3n) is 7.13. The summed E-state index contributed by atoms with van der Waals surface area (Å²) in [5.41, 5.74) is -1.23. The highest BCUT2D eigenvalue weighted by atomic mass is 35.5. The fraction of sp³-hybridized carbons (Fsp3) is 0.320. The van der Waals surface area contributed by atoms with E-state index in [1.54, 1.807) is 0 Å². The van der Waals surface area contributed by atoms with Crippen LogP contribution < -0.4 is 10.3 Å². The molecule has 0 radical (unpaired) electrons. The van der Waals surface area contributed by atoms with E-state index in [4.69, 9.17) is 21.1 Å². The summed E-state index contributed by atoms with van der Waals surface area (Å²) in [5.74, 6) is -4.02. The molecule has 1 fully saturated rings. The summed E-state index contributed by atoms with van der Waals surface area (Å²) in [6.45, 7) is -0.536. The van der Waals surface area contributed by atoms with Crippen LogP contribution in [0.15, 0.2) is 69.3 Å². The molecule has 5 rings (SSSR count). The van der Waals surface area contributed by atoms with Crippen LogP contribution in [0.4, 0.5) is 8.78 Å². The van der Waals surface area contributed by atoms with Gasteiger partial charge < -0.3 is 14.5 Å². The number of H-pyrrole nitrogens is 1. The Bertz CT molecular complexity index is 1660. The zero-order chi connectivity index (χ0) is 27.3. The average Bonchev–Trinajstić information content (AvgIpc) is 2.89. The van der Waals surface area contributed by atoms with Crippen molar-refractivity contribution in [3.05, 3.63) is 87.3 Å². The molecule has 1 aromatic heterocycles. The third kappa shape index (κ3) is 4.23. The highest BCUT2D eigenvalue weighted by Crippen LogP contribution is 2.56. The second-order valence-electron chi connectivity index (χ2n) is 9.13. The molecule has 202 valence electrons. The summed E-state index contributed by atoms with van der Waals surface area (Å²) >= 11 is 5.95. The number of benzene rings is 2. The van der Waals surface area contributed by atoms with E-state index in [0.29, 0.717) is 0 Å². The lowest BCUT2D eigenvalue weighted by atomic mass is 9.75. The number of hydrogen-bond acceptors (Lipinski definition) is 7. The molecular formula is C25H22ClF2NO7S2. The van der Waals surface area contributed by atoms with Crippen molar-refractivity contribution in [2.45, 2.75) is 33.5 Å². The van der Waals surface area contributed by atoms with Gasteiger partial charge in [-0.05, 0) is 61.4 Å². The van der Waals surface area contributed by atoms with E-state index in [0.717, 1.165) is 12.1 Å². The monoisotopic (exact) mass is 585 g/mol. The number of nitrogens with one attached hydrogen (secondary N) is 1. The predicted molar refractivity (Wildman–Crippen MR) is 134 cm³/mol. The molecule has 0 unspecified atom stereocenters. The second-order valence-corrected chi connectivity index (χ2v) is 13.8. The molecule has 8 nitrogen and oxygen atoms in total. The number of pyridine rings is 1. The van der Waals surface area contributed by atoms with Crippen molar-refractivity contribution in [2.24, 2.45) is 5.92 Å². The van der Waals surface area contributed by atoms with Gasteiger partial charge in [0.25, 0.3) is 5.56 Å². The molecule has 0 spiro atoms. The van der Waals surface area contributed by atoms with E-state index in [1.807, 2.05) is 0 Å². The normalized spacial score (nSPS) is 23.2. The lowest BCUT2D eigenvalue weighted by Gasteiger charge is -2.50. The Morgan fingerprint density at radius 1 is 1.03 bits per heavy atom. The molecule has 1 N–H and O–H groups in total. The topological polar surface area (TPSA) is 120 Å². The Morgan fingerprint density at radius 3 is 2.45 bits per heavy atom. The van der Waals surface area contributed by atoms with Gasteiger partial charge in [0.1, 0.15) is 15.5 Å². The molecule has 0 amide bonds. The van der Waals surface area contributed by atoms with Gasteiger partial charge in [-0.15, -0.1) is 0 Å². The van der Waals surface area contributed by atoms with Gasteiger partial charge in [-0.1, -0.05) is 11.6 Å². The predicted octanol–water partition coefficient (Wildman–Crippen LogP) is 3.64. The van der Waals surface area contributed by atoms with Crippen LogP contribution >= 0.6 is 11.6 Å². The van der Waals surface area contributed by atoms with Gasteiger partial charge in [-0.25, -0.2) is 25.6 Å². The highest BCUT2D eigenvalue weighted by Gasteiger charge is 2.61. The van der Waals surface area contributed by atoms with Crippen LogP contribution in [0.3, 0.4) is 0 Å². The van der Waals surface area contributed by atoms with E-state index < -0.39 is 75.6 Å². The molecule has 3 aromatic rings. The first-order valence-electron chi connectivity index (χ1n) is 11.6. The number of hydrogen-bond donors (Lipinski definition) is 1. The van der Waals surface area contributed by atoms with E-state index in [2.05, 4.69) is 4.98 Å². The molecule has 3 atom stereocenters. The smallest absolute Gasteiger partial charge is 0.266 e. The first-order valence-corrected chi connectivity index (χ1v) is 15.1. The molecule has 0 bridgehead atoms. The van der Waals surface area contributed by atoms with Crippen LogP contribution in [0.1, 0.15) is 18.4 Å². The SMILES string of the molecule is O=c1[nH]cccc1S(=O)(=O)CC[C@@H]1OCC[C@@]2(S(=O)(=O)c3ccc(Cl)cc3)c3c(F)ccc(F)c3OC[C@@H]12. The van der Waals surface area contributed by atoms with E-state index in [1.165, 1.54) is 42.6 Å². The van der Waals surface area contributed by atoms with E-state index >= 15 is 4.39 Å². The molecule has 2 aromatic carbocycles. The van der Waals surface area contributed by atoms with E-state index in [9.17, 15) is 26.0 Å². The summed E-state index contributed by atoms with van der Waals surface area (Å²) in [6, 6.07) is 9.57. The first kappa shape index (κ1) is 26.8. The highest BCUT2D eigenvalue weighted by molar-refractivity contribution is 7.92.